The SMILES string of the molecule is O=C(Cn1c(=O)oc2ccccc21)N[C@@H](CCCSCC(=O)C(F)(F)F)C(=O)NCC(O)c1ccccc1. The summed E-state index contributed by atoms with van der Waals surface area (Å²) in [6.07, 6.45) is -5.65. The molecule has 3 rings (SSSR count). The molecule has 2 aromatic carbocycles. The second-order valence-electron chi connectivity index (χ2n) is 8.33. The van der Waals surface area contributed by atoms with Crippen molar-refractivity contribution in [3.63, 3.8) is 0 Å². The number of Topliss-reactive ketones (excluding diaryl/α,β-unsaturated/α-hetero) is 1. The van der Waals surface area contributed by atoms with Crippen LogP contribution in [0.1, 0.15) is 24.5 Å². The predicted octanol–water partition coefficient (Wildman–Crippen LogP) is 2.57. The van der Waals surface area contributed by atoms with Crippen LogP contribution in [0, 0.1) is 0 Å². The molecular weight excluding hydrogens is 527 g/mol. The fourth-order valence-electron chi connectivity index (χ4n) is 3.57. The average Bonchev–Trinajstić information content (AvgIpc) is 3.20. The maximum Gasteiger partial charge on any atom is 0.450 e. The van der Waals surface area contributed by atoms with Crippen LogP contribution >= 0.6 is 11.8 Å². The first-order valence-corrected chi connectivity index (χ1v) is 12.8. The van der Waals surface area contributed by atoms with Crippen molar-refractivity contribution < 1.29 is 37.1 Å². The lowest BCUT2D eigenvalue weighted by Gasteiger charge is -2.20. The van der Waals surface area contributed by atoms with Gasteiger partial charge in [0.2, 0.25) is 17.6 Å². The minimum Gasteiger partial charge on any atom is -0.408 e. The number of thioether (sulfide) groups is 1. The second kappa shape index (κ2) is 13.3. The van der Waals surface area contributed by atoms with Gasteiger partial charge in [0.15, 0.2) is 5.58 Å². The number of carbonyl (C=O) groups is 3. The number of rotatable bonds is 13. The molecule has 0 fully saturated rings. The van der Waals surface area contributed by atoms with Crippen molar-refractivity contribution in [2.45, 2.75) is 37.7 Å². The smallest absolute Gasteiger partial charge is 0.408 e. The van der Waals surface area contributed by atoms with Crippen molar-refractivity contribution in [1.82, 2.24) is 15.2 Å². The number of fused-ring (bicyclic) bond motifs is 1. The van der Waals surface area contributed by atoms with Crippen LogP contribution in [-0.4, -0.2) is 57.5 Å². The zero-order valence-electron chi connectivity index (χ0n) is 20.1. The number of nitrogens with zero attached hydrogens (tertiary/aromatic N) is 1. The first-order valence-electron chi connectivity index (χ1n) is 11.6. The van der Waals surface area contributed by atoms with Gasteiger partial charge in [0.25, 0.3) is 0 Å². The van der Waals surface area contributed by atoms with Gasteiger partial charge in [-0.25, -0.2) is 4.79 Å². The molecule has 0 saturated carbocycles. The molecule has 3 aromatic rings. The summed E-state index contributed by atoms with van der Waals surface area (Å²) >= 11 is 0.772. The highest BCUT2D eigenvalue weighted by molar-refractivity contribution is 7.99. The van der Waals surface area contributed by atoms with E-state index in [1.165, 1.54) is 0 Å². The summed E-state index contributed by atoms with van der Waals surface area (Å²) in [7, 11) is 0. The second-order valence-corrected chi connectivity index (χ2v) is 9.43. The van der Waals surface area contributed by atoms with Crippen molar-refractivity contribution in [2.75, 3.05) is 18.1 Å². The molecule has 38 heavy (non-hydrogen) atoms. The zero-order chi connectivity index (χ0) is 27.7. The fraction of sp³-hybridized carbons (Fsp3) is 0.360. The molecule has 0 spiro atoms. The number of amides is 2. The van der Waals surface area contributed by atoms with Gasteiger partial charge in [-0.3, -0.25) is 19.0 Å². The standard InChI is InChI=1S/C25H26F3N3O6S/c26-25(27,28)21(33)15-38-12-6-9-17(23(35)29-13-19(32)16-7-2-1-3-8-16)30-22(34)14-31-18-10-4-5-11-20(18)37-24(31)36/h1-5,7-8,10-11,17,19,32H,6,9,12-15H2,(H,29,35)(H,30,34)/t17-,19?/m0/s1. The summed E-state index contributed by atoms with van der Waals surface area (Å²) in [5.74, 6) is -4.49. The number of nitrogens with one attached hydrogen (secondary N) is 2. The maximum atomic E-state index is 12.9. The number of benzene rings is 2. The van der Waals surface area contributed by atoms with E-state index in [0.717, 1.165) is 16.3 Å². The number of carbonyl (C=O) groups excluding carboxylic acids is 3. The van der Waals surface area contributed by atoms with Gasteiger partial charge >= 0.3 is 11.9 Å². The zero-order valence-corrected chi connectivity index (χ0v) is 20.9. The molecule has 2 amide bonds. The molecule has 9 nitrogen and oxygen atoms in total. The molecular formula is C25H26F3N3O6S. The van der Waals surface area contributed by atoms with E-state index in [1.807, 2.05) is 0 Å². The molecule has 0 aliphatic heterocycles. The van der Waals surface area contributed by atoms with Crippen molar-refractivity contribution in [1.29, 1.82) is 0 Å². The lowest BCUT2D eigenvalue weighted by atomic mass is 10.1. The highest BCUT2D eigenvalue weighted by Crippen LogP contribution is 2.19. The molecule has 1 aromatic heterocycles. The van der Waals surface area contributed by atoms with Gasteiger partial charge in [0.1, 0.15) is 12.6 Å². The Morgan fingerprint density at radius 2 is 1.74 bits per heavy atom. The summed E-state index contributed by atoms with van der Waals surface area (Å²) in [5, 5.41) is 15.4. The third-order valence-electron chi connectivity index (χ3n) is 5.51. The quantitative estimate of drug-likeness (QED) is 0.277. The average molecular weight is 554 g/mol. The van der Waals surface area contributed by atoms with Crippen LogP contribution < -0.4 is 16.4 Å². The van der Waals surface area contributed by atoms with Crippen LogP contribution in [0.25, 0.3) is 11.1 Å². The van der Waals surface area contributed by atoms with E-state index in [0.29, 0.717) is 16.7 Å². The number of oxazole rings is 1. The van der Waals surface area contributed by atoms with Gasteiger partial charge in [-0.15, -0.1) is 0 Å². The molecule has 1 heterocycles. The Kier molecular flexibility index (Phi) is 10.1. The molecule has 13 heteroatoms. The number of para-hydroxylation sites is 2. The highest BCUT2D eigenvalue weighted by atomic mass is 32.2. The third kappa shape index (κ3) is 8.21. The summed E-state index contributed by atoms with van der Waals surface area (Å²) < 4.78 is 43.3. The number of hydrogen-bond donors (Lipinski definition) is 3. The predicted molar refractivity (Wildman–Crippen MR) is 134 cm³/mol. The lowest BCUT2D eigenvalue weighted by Crippen LogP contribution is -2.48. The molecule has 3 N–H and O–H groups in total. The van der Waals surface area contributed by atoms with Crippen molar-refractivity contribution >= 4 is 40.5 Å². The number of aromatic nitrogens is 1. The summed E-state index contributed by atoms with van der Waals surface area (Å²) in [4.78, 5) is 48.8. The van der Waals surface area contributed by atoms with Crippen molar-refractivity contribution in [2.24, 2.45) is 0 Å². The number of aliphatic hydroxyl groups is 1. The lowest BCUT2D eigenvalue weighted by molar-refractivity contribution is -0.167. The van der Waals surface area contributed by atoms with Crippen molar-refractivity contribution in [3.05, 3.63) is 70.7 Å². The normalized spacial score (nSPS) is 13.2. The Hall–Kier alpha value is -3.58. The van der Waals surface area contributed by atoms with Gasteiger partial charge in [0.05, 0.1) is 17.4 Å². The largest absolute Gasteiger partial charge is 0.450 e. The summed E-state index contributed by atoms with van der Waals surface area (Å²) in [6.45, 7) is -0.572. The molecule has 0 saturated heterocycles. The van der Waals surface area contributed by atoms with Crippen LogP contribution in [0.2, 0.25) is 0 Å². The Bertz CT molecular complexity index is 1310. The number of halogens is 3. The molecule has 0 radical (unpaired) electrons. The first kappa shape index (κ1) is 29.0. The minimum atomic E-state index is -4.90. The molecule has 2 atom stereocenters. The Morgan fingerprint density at radius 1 is 1.05 bits per heavy atom. The van der Waals surface area contributed by atoms with Crippen LogP contribution in [0.15, 0.2) is 63.8 Å². The van der Waals surface area contributed by atoms with E-state index in [1.54, 1.807) is 54.6 Å². The molecule has 0 aliphatic rings. The van der Waals surface area contributed by atoms with E-state index in [-0.39, 0.29) is 25.1 Å². The molecule has 204 valence electrons. The third-order valence-corrected chi connectivity index (χ3v) is 6.56. The van der Waals surface area contributed by atoms with Gasteiger partial charge in [-0.2, -0.15) is 24.9 Å². The van der Waals surface area contributed by atoms with E-state index >= 15 is 0 Å². The first-order chi connectivity index (χ1) is 18.1. The van der Waals surface area contributed by atoms with Crippen LogP contribution in [0.3, 0.4) is 0 Å². The fourth-order valence-corrected chi connectivity index (χ4v) is 4.43. The van der Waals surface area contributed by atoms with Crippen molar-refractivity contribution in [3.8, 4) is 0 Å². The van der Waals surface area contributed by atoms with Gasteiger partial charge in [-0.05, 0) is 36.3 Å². The van der Waals surface area contributed by atoms with Gasteiger partial charge in [0, 0.05) is 6.54 Å². The van der Waals surface area contributed by atoms with Crippen LogP contribution in [0.4, 0.5) is 13.2 Å². The van der Waals surface area contributed by atoms with E-state index < -0.39 is 54.0 Å². The minimum absolute atomic E-state index is 0.0489. The van der Waals surface area contributed by atoms with Crippen LogP contribution in [0.5, 0.6) is 0 Å². The number of ketones is 1. The van der Waals surface area contributed by atoms with E-state index in [9.17, 15) is 37.5 Å². The number of aliphatic hydroxyl groups excluding tert-OH is 1. The number of alkyl halides is 3. The Labute approximate surface area is 219 Å². The maximum absolute atomic E-state index is 12.9. The topological polar surface area (TPSA) is 131 Å². The molecule has 0 bridgehead atoms. The van der Waals surface area contributed by atoms with Gasteiger partial charge < -0.3 is 20.2 Å². The monoisotopic (exact) mass is 553 g/mol. The number of hydrogen-bond acceptors (Lipinski definition) is 7. The van der Waals surface area contributed by atoms with E-state index in [2.05, 4.69) is 10.6 Å². The molecule has 1 unspecified atom stereocenters. The van der Waals surface area contributed by atoms with Crippen LogP contribution in [-0.2, 0) is 20.9 Å². The molecule has 0 aliphatic carbocycles. The Balaban J connectivity index is 1.61. The van der Waals surface area contributed by atoms with Gasteiger partial charge in [-0.1, -0.05) is 42.5 Å². The van der Waals surface area contributed by atoms with E-state index in [4.69, 9.17) is 4.42 Å². The summed E-state index contributed by atoms with van der Waals surface area (Å²) in [5.41, 5.74) is 1.26. The Morgan fingerprint density at radius 3 is 2.45 bits per heavy atom. The summed E-state index contributed by atoms with van der Waals surface area (Å²) in [6, 6.07) is 14.0. The highest BCUT2D eigenvalue weighted by Gasteiger charge is 2.37.